The van der Waals surface area contributed by atoms with Crippen LogP contribution in [0.25, 0.3) is 0 Å². The number of benzene rings is 1. The highest BCUT2D eigenvalue weighted by Gasteiger charge is 2.29. The number of nitrogens with one attached hydrogen (secondary N) is 1. The molecule has 2 fully saturated rings. The average Bonchev–Trinajstić information content (AvgIpc) is 3.13. The molecule has 1 aliphatic heterocycles. The molecule has 0 unspecified atom stereocenters. The van der Waals surface area contributed by atoms with E-state index in [9.17, 15) is 14.9 Å². The number of amides is 1. The Kier molecular flexibility index (Phi) is 7.25. The van der Waals surface area contributed by atoms with Gasteiger partial charge in [0.05, 0.1) is 24.2 Å². The molecule has 7 nitrogen and oxygen atoms in total. The monoisotopic (exact) mass is 391 g/mol. The zero-order valence-electron chi connectivity index (χ0n) is 15.2. The van der Waals surface area contributed by atoms with Gasteiger partial charge in [-0.25, -0.2) is 0 Å². The maximum absolute atomic E-state index is 12.5. The first-order chi connectivity index (χ1) is 13.1. The smallest absolute Gasteiger partial charge is 0.264 e. The van der Waals surface area contributed by atoms with Crippen LogP contribution < -0.4 is 5.32 Å². The third-order valence-corrected chi connectivity index (χ3v) is 5.88. The second-order valence-corrected chi connectivity index (χ2v) is 7.87. The van der Waals surface area contributed by atoms with Crippen molar-refractivity contribution in [3.63, 3.8) is 0 Å². The fraction of sp³-hybridized carbons (Fsp3) is 0.526. The lowest BCUT2D eigenvalue weighted by atomic mass is 9.92. The lowest BCUT2D eigenvalue weighted by molar-refractivity contribution is -0.403. The number of nitro groups is 1. The van der Waals surface area contributed by atoms with Gasteiger partial charge < -0.3 is 10.1 Å². The van der Waals surface area contributed by atoms with Crippen LogP contribution in [-0.2, 0) is 16.1 Å². The molecule has 1 saturated carbocycles. The van der Waals surface area contributed by atoms with Crippen LogP contribution in [0.3, 0.4) is 0 Å². The predicted octanol–water partition coefficient (Wildman–Crippen LogP) is 2.76. The second kappa shape index (κ2) is 9.87. The number of hydrogen-bond acceptors (Lipinski definition) is 6. The molecule has 1 aromatic rings. The number of ether oxygens (including phenoxy) is 1. The fourth-order valence-electron chi connectivity index (χ4n) is 3.50. The van der Waals surface area contributed by atoms with Gasteiger partial charge in [-0.3, -0.25) is 19.8 Å². The van der Waals surface area contributed by atoms with Crippen LogP contribution in [0.5, 0.6) is 0 Å². The van der Waals surface area contributed by atoms with Gasteiger partial charge in [0.25, 0.3) is 6.20 Å². The van der Waals surface area contributed by atoms with E-state index in [2.05, 4.69) is 5.32 Å². The Labute approximate surface area is 163 Å². The van der Waals surface area contributed by atoms with E-state index in [0.717, 1.165) is 37.4 Å². The highest BCUT2D eigenvalue weighted by molar-refractivity contribution is 8.03. The molecule has 1 heterocycles. The molecule has 1 aromatic carbocycles. The number of thioether (sulfide) groups is 1. The molecule has 0 radical (unpaired) electrons. The van der Waals surface area contributed by atoms with Gasteiger partial charge in [0.1, 0.15) is 5.03 Å². The normalized spacial score (nSPS) is 24.3. The van der Waals surface area contributed by atoms with Crippen LogP contribution in [0.2, 0.25) is 0 Å². The minimum Gasteiger partial charge on any atom is -0.372 e. The molecule has 1 saturated heterocycles. The standard InChI is InChI=1S/C19H25N3O4S/c23-18(21-10-11-27-19(21)13-22(24)25)12-20-16-8-4-5-9-17(16)26-14-15-6-2-1-3-7-15/h1-3,6-7,13,16-17,20H,4-5,8-12,14H2/b19-13-/t16-,17-/m1/s1. The molecular formula is C19H25N3O4S. The van der Waals surface area contributed by atoms with Crippen molar-refractivity contribution in [3.8, 4) is 0 Å². The Balaban J connectivity index is 1.51. The zero-order valence-corrected chi connectivity index (χ0v) is 16.0. The largest absolute Gasteiger partial charge is 0.372 e. The summed E-state index contributed by atoms with van der Waals surface area (Å²) in [4.78, 5) is 24.2. The van der Waals surface area contributed by atoms with Crippen LogP contribution >= 0.6 is 11.8 Å². The molecule has 146 valence electrons. The van der Waals surface area contributed by atoms with Crippen molar-refractivity contribution in [1.82, 2.24) is 10.2 Å². The van der Waals surface area contributed by atoms with E-state index in [-0.39, 0.29) is 24.6 Å². The lowest BCUT2D eigenvalue weighted by Gasteiger charge is -2.32. The minimum atomic E-state index is -0.504. The third-order valence-electron chi connectivity index (χ3n) is 4.87. The zero-order chi connectivity index (χ0) is 19.1. The van der Waals surface area contributed by atoms with Crippen LogP contribution in [-0.4, -0.2) is 46.7 Å². The highest BCUT2D eigenvalue weighted by Crippen LogP contribution is 2.28. The number of carbonyl (C=O) groups is 1. The summed E-state index contributed by atoms with van der Waals surface area (Å²) in [6.07, 6.45) is 5.19. The van der Waals surface area contributed by atoms with Crippen molar-refractivity contribution >= 4 is 17.7 Å². The van der Waals surface area contributed by atoms with Gasteiger partial charge in [-0.1, -0.05) is 43.2 Å². The highest BCUT2D eigenvalue weighted by atomic mass is 32.2. The van der Waals surface area contributed by atoms with Crippen LogP contribution in [0, 0.1) is 10.1 Å². The minimum absolute atomic E-state index is 0.0773. The number of rotatable bonds is 7. The van der Waals surface area contributed by atoms with Crippen molar-refractivity contribution in [2.24, 2.45) is 0 Å². The summed E-state index contributed by atoms with van der Waals surface area (Å²) in [5.74, 6) is 0.568. The van der Waals surface area contributed by atoms with E-state index in [4.69, 9.17) is 4.74 Å². The first-order valence-electron chi connectivity index (χ1n) is 9.31. The first kappa shape index (κ1) is 19.9. The summed E-state index contributed by atoms with van der Waals surface area (Å²) >= 11 is 1.35. The quantitative estimate of drug-likeness (QED) is 0.568. The van der Waals surface area contributed by atoms with Gasteiger partial charge in [0.2, 0.25) is 5.91 Å². The van der Waals surface area contributed by atoms with Crippen molar-refractivity contribution in [1.29, 1.82) is 0 Å². The van der Waals surface area contributed by atoms with E-state index in [1.807, 2.05) is 30.3 Å². The molecule has 1 aliphatic carbocycles. The third kappa shape index (κ3) is 5.79. The number of hydrogen-bond donors (Lipinski definition) is 1. The van der Waals surface area contributed by atoms with Crippen molar-refractivity contribution in [2.75, 3.05) is 18.8 Å². The Hall–Kier alpha value is -1.90. The fourth-order valence-corrected chi connectivity index (χ4v) is 4.49. The van der Waals surface area contributed by atoms with Gasteiger partial charge in [0, 0.05) is 18.3 Å². The summed E-state index contributed by atoms with van der Waals surface area (Å²) in [6, 6.07) is 10.2. The van der Waals surface area contributed by atoms with E-state index in [1.54, 1.807) is 0 Å². The molecule has 3 rings (SSSR count). The average molecular weight is 391 g/mol. The van der Waals surface area contributed by atoms with Gasteiger partial charge in [-0.05, 0) is 18.4 Å². The lowest BCUT2D eigenvalue weighted by Crippen LogP contribution is -2.47. The molecule has 27 heavy (non-hydrogen) atoms. The van der Waals surface area contributed by atoms with Gasteiger partial charge >= 0.3 is 0 Å². The maximum atomic E-state index is 12.5. The van der Waals surface area contributed by atoms with Crippen molar-refractivity contribution in [2.45, 2.75) is 44.4 Å². The Morgan fingerprint density at radius 2 is 2.11 bits per heavy atom. The van der Waals surface area contributed by atoms with E-state index in [0.29, 0.717) is 23.9 Å². The molecule has 0 spiro atoms. The van der Waals surface area contributed by atoms with E-state index < -0.39 is 4.92 Å². The molecular weight excluding hydrogens is 366 g/mol. The number of carbonyl (C=O) groups excluding carboxylic acids is 1. The SMILES string of the molecule is O=C(CN[C@@H]1CCCC[C@H]1OCc1ccccc1)N1CCS/C1=C\[N+](=O)[O-]. The first-order valence-corrected chi connectivity index (χ1v) is 10.3. The molecule has 1 N–H and O–H groups in total. The Bertz CT molecular complexity index is 683. The summed E-state index contributed by atoms with van der Waals surface area (Å²) in [7, 11) is 0. The Morgan fingerprint density at radius 1 is 1.33 bits per heavy atom. The molecule has 0 bridgehead atoms. The van der Waals surface area contributed by atoms with E-state index in [1.165, 1.54) is 16.7 Å². The summed E-state index contributed by atoms with van der Waals surface area (Å²) in [6.45, 7) is 1.26. The van der Waals surface area contributed by atoms with Crippen molar-refractivity contribution < 1.29 is 14.5 Å². The summed E-state index contributed by atoms with van der Waals surface area (Å²) < 4.78 is 6.12. The van der Waals surface area contributed by atoms with Gasteiger partial charge in [0.15, 0.2) is 0 Å². The van der Waals surface area contributed by atoms with Crippen molar-refractivity contribution in [3.05, 3.63) is 57.2 Å². The topological polar surface area (TPSA) is 84.7 Å². The number of nitrogens with zero attached hydrogens (tertiary/aromatic N) is 2. The predicted molar refractivity (Wildman–Crippen MR) is 105 cm³/mol. The molecule has 2 atom stereocenters. The van der Waals surface area contributed by atoms with Gasteiger partial charge in [-0.2, -0.15) is 0 Å². The maximum Gasteiger partial charge on any atom is 0.264 e. The van der Waals surface area contributed by atoms with E-state index >= 15 is 0 Å². The summed E-state index contributed by atoms with van der Waals surface area (Å²) in [5.41, 5.74) is 1.14. The molecule has 0 aromatic heterocycles. The molecule has 1 amide bonds. The van der Waals surface area contributed by atoms with Crippen LogP contribution in [0.15, 0.2) is 41.6 Å². The van der Waals surface area contributed by atoms with Crippen LogP contribution in [0.4, 0.5) is 0 Å². The molecule has 2 aliphatic rings. The van der Waals surface area contributed by atoms with Gasteiger partial charge in [-0.15, -0.1) is 11.8 Å². The summed E-state index contributed by atoms with van der Waals surface area (Å²) in [5, 5.41) is 14.5. The van der Waals surface area contributed by atoms with Crippen LogP contribution in [0.1, 0.15) is 31.2 Å². The molecule has 8 heteroatoms. The Morgan fingerprint density at radius 3 is 2.89 bits per heavy atom. The second-order valence-electron chi connectivity index (χ2n) is 6.75.